The molecule has 0 spiro atoms. The van der Waals surface area contributed by atoms with E-state index in [-0.39, 0.29) is 16.7 Å². The highest BCUT2D eigenvalue weighted by molar-refractivity contribution is 7.84. The van der Waals surface area contributed by atoms with Gasteiger partial charge in [-0.1, -0.05) is 20.8 Å². The maximum Gasteiger partial charge on any atom is 0.153 e. The van der Waals surface area contributed by atoms with Crippen molar-refractivity contribution in [2.45, 2.75) is 31.1 Å². The van der Waals surface area contributed by atoms with E-state index in [0.717, 1.165) is 5.56 Å². The monoisotopic (exact) mass is 240 g/mol. The van der Waals surface area contributed by atoms with Crippen LogP contribution in [0.4, 0.5) is 0 Å². The molecule has 0 saturated carbocycles. The first kappa shape index (κ1) is 12.9. The summed E-state index contributed by atoms with van der Waals surface area (Å²) in [7, 11) is -1.31. The molecule has 4 heteroatoms. The van der Waals surface area contributed by atoms with Crippen LogP contribution in [-0.2, 0) is 16.2 Å². The smallest absolute Gasteiger partial charge is 0.153 e. The Hall–Kier alpha value is -1.16. The molecule has 1 aromatic rings. The summed E-state index contributed by atoms with van der Waals surface area (Å²) in [4.78, 5) is 11.1. The normalized spacial score (nSPS) is 13.5. The first-order chi connectivity index (χ1) is 7.27. The number of hydrogen-bond acceptors (Lipinski definition) is 3. The molecular weight excluding hydrogens is 224 g/mol. The van der Waals surface area contributed by atoms with E-state index in [9.17, 15) is 14.1 Å². The second kappa shape index (κ2) is 4.37. The molecule has 1 atom stereocenters. The van der Waals surface area contributed by atoms with Crippen LogP contribution in [0.25, 0.3) is 0 Å². The zero-order valence-electron chi connectivity index (χ0n) is 9.90. The first-order valence-electron chi connectivity index (χ1n) is 4.93. The van der Waals surface area contributed by atoms with Gasteiger partial charge in [-0.15, -0.1) is 0 Å². The third-order valence-electron chi connectivity index (χ3n) is 2.41. The lowest BCUT2D eigenvalue weighted by Crippen LogP contribution is -2.12. The number of aromatic hydroxyl groups is 1. The average Bonchev–Trinajstić information content (AvgIpc) is 2.15. The van der Waals surface area contributed by atoms with E-state index in [4.69, 9.17) is 0 Å². The summed E-state index contributed by atoms with van der Waals surface area (Å²) in [5, 5.41) is 9.73. The van der Waals surface area contributed by atoms with Crippen LogP contribution in [0.3, 0.4) is 0 Å². The quantitative estimate of drug-likeness (QED) is 0.807. The first-order valence-corrected chi connectivity index (χ1v) is 6.49. The van der Waals surface area contributed by atoms with Crippen molar-refractivity contribution in [2.24, 2.45) is 0 Å². The van der Waals surface area contributed by atoms with E-state index in [0.29, 0.717) is 11.2 Å². The molecule has 1 aromatic carbocycles. The van der Waals surface area contributed by atoms with Crippen molar-refractivity contribution in [1.29, 1.82) is 0 Å². The molecule has 0 saturated heterocycles. The molecular formula is C12H16O3S. The van der Waals surface area contributed by atoms with E-state index >= 15 is 0 Å². The molecule has 1 unspecified atom stereocenters. The number of benzene rings is 1. The SMILES string of the molecule is CS(=O)c1cc(C(C)(C)C)cc(C=O)c1O. The lowest BCUT2D eigenvalue weighted by atomic mass is 9.86. The minimum absolute atomic E-state index is 0.153. The van der Waals surface area contributed by atoms with E-state index in [1.165, 1.54) is 6.26 Å². The van der Waals surface area contributed by atoms with E-state index < -0.39 is 10.8 Å². The summed E-state index contributed by atoms with van der Waals surface area (Å²) in [6, 6.07) is 3.33. The van der Waals surface area contributed by atoms with Crippen molar-refractivity contribution < 1.29 is 14.1 Å². The second-order valence-electron chi connectivity index (χ2n) is 4.73. The van der Waals surface area contributed by atoms with Crippen LogP contribution in [0, 0.1) is 0 Å². The third kappa shape index (κ3) is 2.50. The van der Waals surface area contributed by atoms with Crippen LogP contribution in [0.15, 0.2) is 17.0 Å². The molecule has 3 nitrogen and oxygen atoms in total. The molecule has 1 N–H and O–H groups in total. The van der Waals surface area contributed by atoms with Gasteiger partial charge in [0.05, 0.1) is 21.3 Å². The van der Waals surface area contributed by atoms with Crippen LogP contribution in [-0.4, -0.2) is 21.9 Å². The second-order valence-corrected chi connectivity index (χ2v) is 6.08. The van der Waals surface area contributed by atoms with Gasteiger partial charge in [0.25, 0.3) is 0 Å². The lowest BCUT2D eigenvalue weighted by Gasteiger charge is -2.20. The summed E-state index contributed by atoms with van der Waals surface area (Å²) in [5.41, 5.74) is 0.926. The summed E-state index contributed by atoms with van der Waals surface area (Å²) in [6.07, 6.45) is 2.07. The van der Waals surface area contributed by atoms with Gasteiger partial charge in [-0.3, -0.25) is 9.00 Å². The van der Waals surface area contributed by atoms with Crippen molar-refractivity contribution in [3.8, 4) is 5.75 Å². The molecule has 0 amide bonds. The van der Waals surface area contributed by atoms with Gasteiger partial charge in [-0.2, -0.15) is 0 Å². The summed E-state index contributed by atoms with van der Waals surface area (Å²) >= 11 is 0. The molecule has 1 rings (SSSR count). The van der Waals surface area contributed by atoms with Gasteiger partial charge in [0.15, 0.2) is 6.29 Å². The summed E-state index contributed by atoms with van der Waals surface area (Å²) in [6.45, 7) is 5.99. The standard InChI is InChI=1S/C12H16O3S/c1-12(2,3)9-5-8(7-13)11(14)10(6-9)16(4)15/h5-7,14H,1-4H3. The molecule has 0 radical (unpaired) electrons. The minimum Gasteiger partial charge on any atom is -0.506 e. The van der Waals surface area contributed by atoms with Crippen LogP contribution in [0.1, 0.15) is 36.7 Å². The fourth-order valence-corrected chi connectivity index (χ4v) is 2.05. The Balaban J connectivity index is 3.52. The van der Waals surface area contributed by atoms with Crippen molar-refractivity contribution in [2.75, 3.05) is 6.26 Å². The number of phenolic OH excluding ortho intramolecular Hbond substituents is 1. The number of phenols is 1. The Morgan fingerprint density at radius 3 is 2.25 bits per heavy atom. The number of carbonyl (C=O) groups is 1. The maximum absolute atomic E-state index is 11.4. The van der Waals surface area contributed by atoms with Gasteiger partial charge in [-0.25, -0.2) is 0 Å². The number of aldehydes is 1. The molecule has 16 heavy (non-hydrogen) atoms. The molecule has 0 aliphatic heterocycles. The molecule has 0 heterocycles. The van der Waals surface area contributed by atoms with Crippen molar-refractivity contribution >= 4 is 17.1 Å². The van der Waals surface area contributed by atoms with Gasteiger partial charge in [0.2, 0.25) is 0 Å². The highest BCUT2D eigenvalue weighted by Crippen LogP contribution is 2.31. The number of carbonyl (C=O) groups excluding carboxylic acids is 1. The van der Waals surface area contributed by atoms with Gasteiger partial charge in [-0.05, 0) is 23.1 Å². The fourth-order valence-electron chi connectivity index (χ4n) is 1.37. The highest BCUT2D eigenvalue weighted by atomic mass is 32.2. The molecule has 0 aromatic heterocycles. The minimum atomic E-state index is -1.31. The molecule has 0 fully saturated rings. The Bertz CT molecular complexity index is 444. The average molecular weight is 240 g/mol. The van der Waals surface area contributed by atoms with Gasteiger partial charge < -0.3 is 5.11 Å². The highest BCUT2D eigenvalue weighted by Gasteiger charge is 2.19. The fraction of sp³-hybridized carbons (Fsp3) is 0.417. The predicted octanol–water partition coefficient (Wildman–Crippen LogP) is 2.24. The largest absolute Gasteiger partial charge is 0.506 e. The number of rotatable bonds is 2. The zero-order valence-corrected chi connectivity index (χ0v) is 10.7. The van der Waals surface area contributed by atoms with Crippen LogP contribution in [0.5, 0.6) is 5.75 Å². The molecule has 88 valence electrons. The topological polar surface area (TPSA) is 54.4 Å². The molecule has 0 aliphatic carbocycles. The van der Waals surface area contributed by atoms with Crippen LogP contribution in [0.2, 0.25) is 0 Å². The Morgan fingerprint density at radius 2 is 1.88 bits per heavy atom. The molecule has 0 aliphatic rings. The van der Waals surface area contributed by atoms with Crippen molar-refractivity contribution in [3.05, 3.63) is 23.3 Å². The van der Waals surface area contributed by atoms with Gasteiger partial charge in [0.1, 0.15) is 5.75 Å². The maximum atomic E-state index is 11.4. The van der Waals surface area contributed by atoms with E-state index in [2.05, 4.69) is 0 Å². The van der Waals surface area contributed by atoms with Gasteiger partial charge in [0, 0.05) is 6.26 Å². The van der Waals surface area contributed by atoms with E-state index in [1.807, 2.05) is 20.8 Å². The predicted molar refractivity (Wildman–Crippen MR) is 64.5 cm³/mol. The van der Waals surface area contributed by atoms with Crippen LogP contribution >= 0.6 is 0 Å². The van der Waals surface area contributed by atoms with Crippen molar-refractivity contribution in [3.63, 3.8) is 0 Å². The van der Waals surface area contributed by atoms with Gasteiger partial charge >= 0.3 is 0 Å². The number of hydrogen-bond donors (Lipinski definition) is 1. The van der Waals surface area contributed by atoms with Crippen LogP contribution < -0.4 is 0 Å². The Morgan fingerprint density at radius 1 is 1.31 bits per heavy atom. The Kier molecular flexibility index (Phi) is 3.53. The van der Waals surface area contributed by atoms with Crippen molar-refractivity contribution in [1.82, 2.24) is 0 Å². The van der Waals surface area contributed by atoms with E-state index in [1.54, 1.807) is 12.1 Å². The third-order valence-corrected chi connectivity index (χ3v) is 3.34. The lowest BCUT2D eigenvalue weighted by molar-refractivity contribution is 0.112. The summed E-state index contributed by atoms with van der Waals surface area (Å²) in [5.74, 6) is -0.177. The zero-order chi connectivity index (χ0) is 12.5. The molecule has 0 bridgehead atoms. The summed E-state index contributed by atoms with van der Waals surface area (Å²) < 4.78 is 11.4. The Labute approximate surface area is 98.0 Å².